The maximum absolute atomic E-state index is 13.0. The molecule has 2 aliphatic carbocycles. The van der Waals surface area contributed by atoms with Gasteiger partial charge in [0.2, 0.25) is 17.9 Å². The number of hydrogen-bond donors (Lipinski definition) is 1. The van der Waals surface area contributed by atoms with Gasteiger partial charge in [-0.3, -0.25) is 24.1 Å². The van der Waals surface area contributed by atoms with Crippen molar-refractivity contribution in [2.45, 2.75) is 18.7 Å². The van der Waals surface area contributed by atoms with Crippen LogP contribution in [-0.4, -0.2) is 35.1 Å². The average molecular weight is 498 g/mol. The fraction of sp³-hybridized carbons (Fsp3) is 0.308. The van der Waals surface area contributed by atoms with Gasteiger partial charge in [-0.1, -0.05) is 48.6 Å². The smallest absolute Gasteiger partial charge is 0.416 e. The van der Waals surface area contributed by atoms with Crippen molar-refractivity contribution in [2.24, 2.45) is 23.7 Å². The lowest BCUT2D eigenvalue weighted by molar-refractivity contribution is -0.159. The van der Waals surface area contributed by atoms with Crippen LogP contribution >= 0.6 is 0 Å². The first kappa shape index (κ1) is 23.8. The number of likely N-dealkylation sites (tertiary alicyclic amines) is 1. The maximum atomic E-state index is 13.0. The third-order valence-electron chi connectivity index (χ3n) is 6.90. The molecule has 2 bridgehead atoms. The van der Waals surface area contributed by atoms with E-state index < -0.39 is 59.9 Å². The number of allylic oxidation sites excluding steroid dienone is 2. The molecule has 0 spiro atoms. The Bertz CT molecular complexity index is 1230. The number of rotatable bonds is 6. The molecule has 10 heteroatoms. The van der Waals surface area contributed by atoms with E-state index in [2.05, 4.69) is 5.32 Å². The SMILES string of the molecule is O=C(CN1C(=O)[C@@H]2[C@H](C1=O)[C@H]1C=C[C@H]2C1)O[C@@H](C(=O)Nc1cccc(C(F)(F)F)c1)c1ccccc1. The Balaban J connectivity index is 1.31. The lowest BCUT2D eigenvalue weighted by Gasteiger charge is -2.21. The van der Waals surface area contributed by atoms with E-state index in [0.717, 1.165) is 29.5 Å². The van der Waals surface area contributed by atoms with Crippen LogP contribution in [0.25, 0.3) is 0 Å². The second kappa shape index (κ2) is 8.92. The number of alkyl halides is 3. The molecule has 1 saturated heterocycles. The van der Waals surface area contributed by atoms with E-state index in [1.165, 1.54) is 18.2 Å². The predicted octanol–water partition coefficient (Wildman–Crippen LogP) is 3.74. The molecular weight excluding hydrogens is 477 g/mol. The number of imide groups is 1. The number of esters is 1. The molecule has 1 saturated carbocycles. The van der Waals surface area contributed by atoms with Crippen molar-refractivity contribution in [3.8, 4) is 0 Å². The molecule has 186 valence electrons. The van der Waals surface area contributed by atoms with E-state index in [4.69, 9.17) is 4.74 Å². The van der Waals surface area contributed by atoms with Crippen molar-refractivity contribution >= 4 is 29.4 Å². The Hall–Kier alpha value is -3.95. The van der Waals surface area contributed by atoms with Crippen LogP contribution in [0.5, 0.6) is 0 Å². The second-order valence-corrected chi connectivity index (χ2v) is 9.11. The van der Waals surface area contributed by atoms with Gasteiger partial charge in [-0.05, 0) is 36.5 Å². The Labute approximate surface area is 203 Å². The number of amides is 3. The van der Waals surface area contributed by atoms with E-state index in [9.17, 15) is 32.3 Å². The van der Waals surface area contributed by atoms with E-state index in [0.29, 0.717) is 0 Å². The van der Waals surface area contributed by atoms with Crippen molar-refractivity contribution in [1.29, 1.82) is 0 Å². The molecule has 5 rings (SSSR count). The van der Waals surface area contributed by atoms with Gasteiger partial charge < -0.3 is 10.1 Å². The molecule has 2 aromatic carbocycles. The lowest BCUT2D eigenvalue weighted by Crippen LogP contribution is -2.39. The Kier molecular flexibility index (Phi) is 5.89. The zero-order valence-electron chi connectivity index (χ0n) is 18.8. The fourth-order valence-corrected chi connectivity index (χ4v) is 5.30. The number of nitrogens with one attached hydrogen (secondary N) is 1. The van der Waals surface area contributed by atoms with Crippen LogP contribution in [0.3, 0.4) is 0 Å². The summed E-state index contributed by atoms with van der Waals surface area (Å²) in [5, 5.41) is 2.35. The first-order valence-corrected chi connectivity index (χ1v) is 11.4. The molecule has 0 unspecified atom stereocenters. The molecular formula is C26H21F3N2O5. The van der Waals surface area contributed by atoms with Crippen LogP contribution in [0.1, 0.15) is 23.7 Å². The second-order valence-electron chi connectivity index (χ2n) is 9.11. The summed E-state index contributed by atoms with van der Waals surface area (Å²) in [5.74, 6) is -3.71. The van der Waals surface area contributed by atoms with E-state index >= 15 is 0 Å². The van der Waals surface area contributed by atoms with Gasteiger partial charge >= 0.3 is 12.1 Å². The first-order chi connectivity index (χ1) is 17.1. The number of hydrogen-bond acceptors (Lipinski definition) is 5. The molecule has 2 aromatic rings. The van der Waals surface area contributed by atoms with Crippen LogP contribution in [0.4, 0.5) is 18.9 Å². The van der Waals surface area contributed by atoms with E-state index in [1.807, 2.05) is 12.2 Å². The molecule has 5 atom stereocenters. The zero-order chi connectivity index (χ0) is 25.6. The number of nitrogens with zero attached hydrogens (tertiary/aromatic N) is 1. The molecule has 3 amide bonds. The molecule has 7 nitrogen and oxygen atoms in total. The zero-order valence-corrected chi connectivity index (χ0v) is 18.8. The molecule has 36 heavy (non-hydrogen) atoms. The topological polar surface area (TPSA) is 92.8 Å². The third kappa shape index (κ3) is 4.27. The van der Waals surface area contributed by atoms with Gasteiger partial charge in [0, 0.05) is 11.3 Å². The standard InChI is InChI=1S/C26H21F3N2O5/c27-26(28,29)17-7-4-8-18(12-17)30-23(33)22(14-5-2-1-3-6-14)36-19(32)13-31-24(34)20-15-9-10-16(11-15)21(20)25(31)35/h1-10,12,15-16,20-22H,11,13H2,(H,30,33)/t15-,16-,20-,21+,22+/m0/s1. The highest BCUT2D eigenvalue weighted by molar-refractivity contribution is 6.08. The Morgan fingerprint density at radius 1 is 0.972 bits per heavy atom. The van der Waals surface area contributed by atoms with Crippen molar-refractivity contribution in [1.82, 2.24) is 4.90 Å². The van der Waals surface area contributed by atoms with Gasteiger partial charge in [0.15, 0.2) is 0 Å². The number of benzene rings is 2. The van der Waals surface area contributed by atoms with Crippen molar-refractivity contribution in [2.75, 3.05) is 11.9 Å². The number of ether oxygens (including phenoxy) is 1. The summed E-state index contributed by atoms with van der Waals surface area (Å²) in [5.41, 5.74) is -0.811. The quantitative estimate of drug-likeness (QED) is 0.372. The molecule has 0 aromatic heterocycles. The minimum atomic E-state index is -4.60. The summed E-state index contributed by atoms with van der Waals surface area (Å²) >= 11 is 0. The van der Waals surface area contributed by atoms with Crippen LogP contribution in [0, 0.1) is 23.7 Å². The molecule has 1 aliphatic heterocycles. The normalized spacial score (nSPS) is 25.1. The number of fused-ring (bicyclic) bond motifs is 5. The van der Waals surface area contributed by atoms with Gasteiger partial charge in [0.1, 0.15) is 6.54 Å². The number of carbonyl (C=O) groups is 4. The Morgan fingerprint density at radius 2 is 1.61 bits per heavy atom. The van der Waals surface area contributed by atoms with E-state index in [-0.39, 0.29) is 23.1 Å². The van der Waals surface area contributed by atoms with Crippen LogP contribution in [0.2, 0.25) is 0 Å². The molecule has 1 N–H and O–H groups in total. The van der Waals surface area contributed by atoms with Gasteiger partial charge in [0.05, 0.1) is 17.4 Å². The summed E-state index contributed by atoms with van der Waals surface area (Å²) in [6, 6.07) is 12.0. The largest absolute Gasteiger partial charge is 0.446 e. The highest BCUT2D eigenvalue weighted by atomic mass is 19.4. The van der Waals surface area contributed by atoms with Crippen molar-refractivity contribution in [3.05, 3.63) is 77.9 Å². The highest BCUT2D eigenvalue weighted by Gasteiger charge is 2.59. The van der Waals surface area contributed by atoms with Crippen LogP contribution in [-0.2, 0) is 30.1 Å². The minimum Gasteiger partial charge on any atom is -0.446 e. The lowest BCUT2D eigenvalue weighted by atomic mass is 9.85. The number of carbonyl (C=O) groups excluding carboxylic acids is 4. The van der Waals surface area contributed by atoms with Crippen molar-refractivity contribution < 1.29 is 37.1 Å². The molecule has 3 aliphatic rings. The maximum Gasteiger partial charge on any atom is 0.416 e. The highest BCUT2D eigenvalue weighted by Crippen LogP contribution is 2.52. The van der Waals surface area contributed by atoms with Gasteiger partial charge in [-0.15, -0.1) is 0 Å². The van der Waals surface area contributed by atoms with Gasteiger partial charge in [0.25, 0.3) is 5.91 Å². The average Bonchev–Trinajstić information content (AvgIpc) is 3.53. The predicted molar refractivity (Wildman–Crippen MR) is 120 cm³/mol. The first-order valence-electron chi connectivity index (χ1n) is 11.4. The van der Waals surface area contributed by atoms with Crippen LogP contribution < -0.4 is 5.32 Å². The number of halogens is 3. The Morgan fingerprint density at radius 3 is 2.22 bits per heavy atom. The van der Waals surface area contributed by atoms with Gasteiger partial charge in [-0.25, -0.2) is 0 Å². The third-order valence-corrected chi connectivity index (χ3v) is 6.90. The summed E-state index contributed by atoms with van der Waals surface area (Å²) in [6.45, 7) is -0.649. The molecule has 0 radical (unpaired) electrons. The van der Waals surface area contributed by atoms with Crippen LogP contribution in [0.15, 0.2) is 66.7 Å². The number of anilines is 1. The molecule has 2 fully saturated rings. The minimum absolute atomic E-state index is 0.0206. The van der Waals surface area contributed by atoms with Gasteiger partial charge in [-0.2, -0.15) is 13.2 Å². The van der Waals surface area contributed by atoms with E-state index in [1.54, 1.807) is 18.2 Å². The fourth-order valence-electron chi connectivity index (χ4n) is 5.30. The summed E-state index contributed by atoms with van der Waals surface area (Å²) in [7, 11) is 0. The molecule has 1 heterocycles. The van der Waals surface area contributed by atoms with Crippen molar-refractivity contribution in [3.63, 3.8) is 0 Å². The summed E-state index contributed by atoms with van der Waals surface area (Å²) in [4.78, 5) is 52.4. The monoisotopic (exact) mass is 498 g/mol. The summed E-state index contributed by atoms with van der Waals surface area (Å²) < 4.78 is 44.5. The summed E-state index contributed by atoms with van der Waals surface area (Å²) in [6.07, 6.45) is -1.51.